The number of aliphatic hydroxyl groups is 1. The normalized spacial score (nSPS) is 24.6. The van der Waals surface area contributed by atoms with Gasteiger partial charge in [-0.25, -0.2) is 8.42 Å². The first-order valence-corrected chi connectivity index (χ1v) is 7.96. The number of para-hydroxylation sites is 1. The molecule has 112 valence electrons. The number of nitrogens with one attached hydrogen (secondary N) is 1. The van der Waals surface area contributed by atoms with Gasteiger partial charge in [0.2, 0.25) is 10.0 Å². The number of sulfonamides is 1. The second-order valence-electron chi connectivity index (χ2n) is 4.82. The predicted octanol–water partition coefficient (Wildman–Crippen LogP) is 0.499. The van der Waals surface area contributed by atoms with Gasteiger partial charge in [-0.3, -0.25) is 0 Å². The summed E-state index contributed by atoms with van der Waals surface area (Å²) in [5, 5.41) is 12.1. The van der Waals surface area contributed by atoms with E-state index in [2.05, 4.69) is 5.32 Å². The Morgan fingerprint density at radius 1 is 1.40 bits per heavy atom. The van der Waals surface area contributed by atoms with Gasteiger partial charge in [0, 0.05) is 20.1 Å². The summed E-state index contributed by atoms with van der Waals surface area (Å²) in [6, 6.07) is 6.78. The standard InChI is InChI=1S/C13H20N2O4S/c1-10-7-15(8-11(9-16)19-10)20(17,18)13-6-4-3-5-12(13)14-2/h3-6,10-11,14,16H,7-9H2,1-2H3. The van der Waals surface area contributed by atoms with Crippen molar-refractivity contribution in [2.45, 2.75) is 24.0 Å². The van der Waals surface area contributed by atoms with E-state index in [1.165, 1.54) is 4.31 Å². The first kappa shape index (κ1) is 15.2. The van der Waals surface area contributed by atoms with Gasteiger partial charge < -0.3 is 15.2 Å². The lowest BCUT2D eigenvalue weighted by Gasteiger charge is -2.35. The molecule has 0 amide bonds. The fourth-order valence-electron chi connectivity index (χ4n) is 2.34. The van der Waals surface area contributed by atoms with E-state index in [0.717, 1.165) is 0 Å². The molecule has 0 saturated carbocycles. The van der Waals surface area contributed by atoms with Gasteiger partial charge in [-0.15, -0.1) is 0 Å². The average molecular weight is 300 g/mol. The van der Waals surface area contributed by atoms with Crippen molar-refractivity contribution in [2.75, 3.05) is 32.1 Å². The molecule has 6 nitrogen and oxygen atoms in total. The van der Waals surface area contributed by atoms with Crippen LogP contribution >= 0.6 is 0 Å². The molecule has 1 heterocycles. The van der Waals surface area contributed by atoms with Gasteiger partial charge in [-0.1, -0.05) is 12.1 Å². The van der Waals surface area contributed by atoms with E-state index in [0.29, 0.717) is 5.69 Å². The summed E-state index contributed by atoms with van der Waals surface area (Å²) in [5.74, 6) is 0. The first-order chi connectivity index (χ1) is 9.48. The maximum absolute atomic E-state index is 12.7. The second-order valence-corrected chi connectivity index (χ2v) is 6.73. The summed E-state index contributed by atoms with van der Waals surface area (Å²) in [7, 11) is -1.91. The maximum atomic E-state index is 12.7. The van der Waals surface area contributed by atoms with Gasteiger partial charge in [0.15, 0.2) is 0 Å². The zero-order valence-electron chi connectivity index (χ0n) is 11.6. The molecule has 0 bridgehead atoms. The predicted molar refractivity (Wildman–Crippen MR) is 76.2 cm³/mol. The third-order valence-electron chi connectivity index (χ3n) is 3.27. The number of benzene rings is 1. The minimum Gasteiger partial charge on any atom is -0.394 e. The number of morpholine rings is 1. The Balaban J connectivity index is 2.34. The van der Waals surface area contributed by atoms with Crippen molar-refractivity contribution in [3.63, 3.8) is 0 Å². The van der Waals surface area contributed by atoms with Crippen LogP contribution in [0.3, 0.4) is 0 Å². The van der Waals surface area contributed by atoms with Crippen molar-refractivity contribution < 1.29 is 18.3 Å². The number of hydrogen-bond acceptors (Lipinski definition) is 5. The Morgan fingerprint density at radius 2 is 2.10 bits per heavy atom. The van der Waals surface area contributed by atoms with Crippen molar-refractivity contribution >= 4 is 15.7 Å². The van der Waals surface area contributed by atoms with Gasteiger partial charge in [-0.2, -0.15) is 4.31 Å². The van der Waals surface area contributed by atoms with Crippen molar-refractivity contribution in [2.24, 2.45) is 0 Å². The summed E-state index contributed by atoms with van der Waals surface area (Å²) in [6.07, 6.45) is -0.715. The molecule has 0 radical (unpaired) electrons. The molecule has 2 atom stereocenters. The lowest BCUT2D eigenvalue weighted by Crippen LogP contribution is -2.50. The van der Waals surface area contributed by atoms with E-state index in [4.69, 9.17) is 4.74 Å². The Labute approximate surface area is 119 Å². The van der Waals surface area contributed by atoms with Crippen LogP contribution in [-0.4, -0.2) is 56.8 Å². The van der Waals surface area contributed by atoms with Crippen molar-refractivity contribution in [1.29, 1.82) is 0 Å². The number of rotatable bonds is 4. The van der Waals surface area contributed by atoms with Crippen molar-refractivity contribution in [3.8, 4) is 0 Å². The average Bonchev–Trinajstić information content (AvgIpc) is 2.46. The number of anilines is 1. The third kappa shape index (κ3) is 2.95. The molecule has 2 rings (SSSR count). The molecule has 0 aromatic heterocycles. The maximum Gasteiger partial charge on any atom is 0.245 e. The van der Waals surface area contributed by atoms with Crippen LogP contribution in [-0.2, 0) is 14.8 Å². The smallest absolute Gasteiger partial charge is 0.245 e. The quantitative estimate of drug-likeness (QED) is 0.846. The molecular weight excluding hydrogens is 280 g/mol. The van der Waals surface area contributed by atoms with Crippen LogP contribution < -0.4 is 5.32 Å². The molecule has 20 heavy (non-hydrogen) atoms. The van der Waals surface area contributed by atoms with Crippen LogP contribution in [0.4, 0.5) is 5.69 Å². The largest absolute Gasteiger partial charge is 0.394 e. The second kappa shape index (κ2) is 6.09. The van der Waals surface area contributed by atoms with Gasteiger partial charge in [-0.05, 0) is 19.1 Å². The van der Waals surface area contributed by atoms with Crippen molar-refractivity contribution in [1.82, 2.24) is 4.31 Å². The zero-order valence-corrected chi connectivity index (χ0v) is 12.4. The monoisotopic (exact) mass is 300 g/mol. The topological polar surface area (TPSA) is 78.9 Å². The van der Waals surface area contributed by atoms with E-state index in [1.54, 1.807) is 38.2 Å². The number of nitrogens with zero attached hydrogens (tertiary/aromatic N) is 1. The van der Waals surface area contributed by atoms with Gasteiger partial charge in [0.25, 0.3) is 0 Å². The minimum atomic E-state index is -3.60. The molecule has 2 unspecified atom stereocenters. The van der Waals surface area contributed by atoms with Crippen LogP contribution in [0.2, 0.25) is 0 Å². The van der Waals surface area contributed by atoms with E-state index < -0.39 is 16.1 Å². The van der Waals surface area contributed by atoms with Crippen LogP contribution in [0.5, 0.6) is 0 Å². The molecule has 1 aromatic rings. The summed E-state index contributed by atoms with van der Waals surface area (Å²) < 4.78 is 32.3. The third-order valence-corrected chi connectivity index (χ3v) is 5.16. The van der Waals surface area contributed by atoms with Gasteiger partial charge in [0.05, 0.1) is 24.5 Å². The fourth-order valence-corrected chi connectivity index (χ4v) is 4.08. The van der Waals surface area contributed by atoms with Crippen LogP contribution in [0.15, 0.2) is 29.2 Å². The molecule has 1 saturated heterocycles. The molecular formula is C13H20N2O4S. The van der Waals surface area contributed by atoms with E-state index >= 15 is 0 Å². The lowest BCUT2D eigenvalue weighted by atomic mass is 10.2. The molecule has 1 aliphatic heterocycles. The van der Waals surface area contributed by atoms with Gasteiger partial charge >= 0.3 is 0 Å². The van der Waals surface area contributed by atoms with Crippen LogP contribution in [0, 0.1) is 0 Å². The summed E-state index contributed by atoms with van der Waals surface area (Å²) in [4.78, 5) is 0.244. The number of hydrogen-bond donors (Lipinski definition) is 2. The minimum absolute atomic E-state index is 0.168. The molecule has 2 N–H and O–H groups in total. The highest BCUT2D eigenvalue weighted by atomic mass is 32.2. The molecule has 1 aromatic carbocycles. The van der Waals surface area contributed by atoms with Gasteiger partial charge in [0.1, 0.15) is 4.90 Å². The Hall–Kier alpha value is -1.15. The highest BCUT2D eigenvalue weighted by Crippen LogP contribution is 2.26. The summed E-state index contributed by atoms with van der Waals surface area (Å²) in [5.41, 5.74) is 0.562. The Kier molecular flexibility index (Phi) is 4.64. The highest BCUT2D eigenvalue weighted by Gasteiger charge is 2.34. The van der Waals surface area contributed by atoms with Crippen LogP contribution in [0.1, 0.15) is 6.92 Å². The molecule has 0 spiro atoms. The first-order valence-electron chi connectivity index (χ1n) is 6.52. The molecule has 1 fully saturated rings. The molecule has 1 aliphatic rings. The SMILES string of the molecule is CNc1ccccc1S(=O)(=O)N1CC(C)OC(CO)C1. The number of aliphatic hydroxyl groups excluding tert-OH is 1. The summed E-state index contributed by atoms with van der Waals surface area (Å²) in [6.45, 7) is 2.07. The summed E-state index contributed by atoms with van der Waals surface area (Å²) >= 11 is 0. The van der Waals surface area contributed by atoms with E-state index in [-0.39, 0.29) is 30.7 Å². The van der Waals surface area contributed by atoms with Crippen molar-refractivity contribution in [3.05, 3.63) is 24.3 Å². The van der Waals surface area contributed by atoms with Crippen LogP contribution in [0.25, 0.3) is 0 Å². The lowest BCUT2D eigenvalue weighted by molar-refractivity contribution is -0.0750. The Morgan fingerprint density at radius 3 is 2.75 bits per heavy atom. The molecule has 0 aliphatic carbocycles. The zero-order chi connectivity index (χ0) is 14.8. The Bertz CT molecular complexity index is 561. The number of ether oxygens (including phenoxy) is 1. The highest BCUT2D eigenvalue weighted by molar-refractivity contribution is 7.89. The fraction of sp³-hybridized carbons (Fsp3) is 0.538. The van der Waals surface area contributed by atoms with E-state index in [9.17, 15) is 13.5 Å². The molecule has 7 heteroatoms. The van der Waals surface area contributed by atoms with E-state index in [1.807, 2.05) is 0 Å².